The second kappa shape index (κ2) is 9.03. The fraction of sp³-hybridized carbons (Fsp3) is 0.875. The lowest BCUT2D eigenvalue weighted by molar-refractivity contribution is -0.134. The van der Waals surface area contributed by atoms with E-state index < -0.39 is 0 Å². The van der Waals surface area contributed by atoms with Gasteiger partial charge in [-0.1, -0.05) is 27.7 Å². The summed E-state index contributed by atoms with van der Waals surface area (Å²) >= 11 is 0. The Kier molecular flexibility index (Phi) is 7.72. The summed E-state index contributed by atoms with van der Waals surface area (Å²) in [5, 5.41) is 2.85. The molecule has 1 aliphatic rings. The van der Waals surface area contributed by atoms with Crippen LogP contribution in [0, 0.1) is 11.8 Å². The van der Waals surface area contributed by atoms with Gasteiger partial charge >= 0.3 is 0 Å². The van der Waals surface area contributed by atoms with Crippen LogP contribution in [-0.2, 0) is 14.3 Å². The molecule has 21 heavy (non-hydrogen) atoms. The first-order valence-electron chi connectivity index (χ1n) is 8.06. The van der Waals surface area contributed by atoms with Crippen molar-refractivity contribution >= 4 is 11.8 Å². The van der Waals surface area contributed by atoms with Crippen molar-refractivity contribution in [2.24, 2.45) is 11.8 Å². The number of rotatable bonds is 8. The Morgan fingerprint density at radius 2 is 1.95 bits per heavy atom. The maximum Gasteiger partial charge on any atom is 0.245 e. The lowest BCUT2D eigenvalue weighted by Gasteiger charge is -2.25. The lowest BCUT2D eigenvalue weighted by atomic mass is 10.0. The van der Waals surface area contributed by atoms with Gasteiger partial charge in [0, 0.05) is 32.7 Å². The smallest absolute Gasteiger partial charge is 0.245 e. The summed E-state index contributed by atoms with van der Waals surface area (Å²) in [6.45, 7) is 11.0. The fourth-order valence-electron chi connectivity index (χ4n) is 2.42. The molecule has 1 aliphatic heterocycles. The lowest BCUT2D eigenvalue weighted by Crippen LogP contribution is -2.45. The second-order valence-electron chi connectivity index (χ2n) is 6.65. The minimum absolute atomic E-state index is 0.0208. The van der Waals surface area contributed by atoms with Gasteiger partial charge < -0.3 is 15.0 Å². The third-order valence-electron chi connectivity index (χ3n) is 3.43. The van der Waals surface area contributed by atoms with Gasteiger partial charge in [0.15, 0.2) is 0 Å². The van der Waals surface area contributed by atoms with E-state index in [1.807, 2.05) is 4.90 Å². The highest BCUT2D eigenvalue weighted by Gasteiger charge is 2.29. The zero-order valence-corrected chi connectivity index (χ0v) is 13.9. The van der Waals surface area contributed by atoms with Crippen molar-refractivity contribution in [1.29, 1.82) is 0 Å². The topological polar surface area (TPSA) is 58.6 Å². The largest absolute Gasteiger partial charge is 0.381 e. The van der Waals surface area contributed by atoms with Crippen LogP contribution < -0.4 is 5.32 Å². The molecule has 1 fully saturated rings. The molecule has 5 heteroatoms. The van der Waals surface area contributed by atoms with Crippen molar-refractivity contribution < 1.29 is 14.3 Å². The highest BCUT2D eigenvalue weighted by atomic mass is 16.5. The molecule has 0 saturated carbocycles. The van der Waals surface area contributed by atoms with Gasteiger partial charge in [0.05, 0.1) is 0 Å². The predicted octanol–water partition coefficient (Wildman–Crippen LogP) is 1.81. The molecule has 1 atom stereocenters. The van der Waals surface area contributed by atoms with Crippen LogP contribution in [0.25, 0.3) is 0 Å². The molecule has 2 amide bonds. The zero-order chi connectivity index (χ0) is 15.8. The average molecular weight is 298 g/mol. The Labute approximate surface area is 128 Å². The molecular formula is C16H30N2O3. The molecule has 0 aliphatic carbocycles. The average Bonchev–Trinajstić information content (AvgIpc) is 2.50. The molecule has 1 unspecified atom stereocenters. The van der Waals surface area contributed by atoms with Crippen LogP contribution in [0.5, 0.6) is 0 Å². The molecule has 1 N–H and O–H groups in total. The summed E-state index contributed by atoms with van der Waals surface area (Å²) in [5.41, 5.74) is 0. The molecule has 122 valence electrons. The van der Waals surface area contributed by atoms with Crippen LogP contribution in [0.2, 0.25) is 0 Å². The van der Waals surface area contributed by atoms with Crippen molar-refractivity contribution in [3.8, 4) is 0 Å². The zero-order valence-electron chi connectivity index (χ0n) is 13.9. The Balaban J connectivity index is 2.44. The third-order valence-corrected chi connectivity index (χ3v) is 3.43. The quantitative estimate of drug-likeness (QED) is 0.695. The Morgan fingerprint density at radius 1 is 1.24 bits per heavy atom. The van der Waals surface area contributed by atoms with Gasteiger partial charge in [-0.15, -0.1) is 0 Å². The van der Waals surface area contributed by atoms with E-state index in [-0.39, 0.29) is 17.9 Å². The van der Waals surface area contributed by atoms with Gasteiger partial charge in [-0.2, -0.15) is 0 Å². The molecule has 1 rings (SSSR count). The number of ether oxygens (including phenoxy) is 1. The van der Waals surface area contributed by atoms with Crippen LogP contribution in [0.4, 0.5) is 0 Å². The first-order chi connectivity index (χ1) is 9.90. The number of carbonyl (C=O) groups excluding carboxylic acids is 2. The summed E-state index contributed by atoms with van der Waals surface area (Å²) in [4.78, 5) is 26.0. The number of carbonyl (C=O) groups is 2. The molecule has 0 radical (unpaired) electrons. The molecule has 0 aromatic rings. The molecule has 0 spiro atoms. The van der Waals surface area contributed by atoms with Crippen LogP contribution in [0.15, 0.2) is 0 Å². The molecule has 1 heterocycles. The van der Waals surface area contributed by atoms with E-state index in [1.165, 1.54) is 0 Å². The second-order valence-corrected chi connectivity index (χ2v) is 6.65. The Morgan fingerprint density at radius 3 is 2.57 bits per heavy atom. The summed E-state index contributed by atoms with van der Waals surface area (Å²) in [7, 11) is 0. The van der Waals surface area contributed by atoms with Gasteiger partial charge in [-0.05, 0) is 24.7 Å². The van der Waals surface area contributed by atoms with Crippen molar-refractivity contribution in [2.75, 3.05) is 26.3 Å². The minimum Gasteiger partial charge on any atom is -0.381 e. The van der Waals surface area contributed by atoms with E-state index in [2.05, 4.69) is 33.0 Å². The van der Waals surface area contributed by atoms with E-state index in [9.17, 15) is 9.59 Å². The van der Waals surface area contributed by atoms with Crippen molar-refractivity contribution in [3.63, 3.8) is 0 Å². The van der Waals surface area contributed by atoms with Gasteiger partial charge in [0.1, 0.15) is 6.04 Å². The van der Waals surface area contributed by atoms with E-state index in [0.29, 0.717) is 44.4 Å². The Bertz CT molecular complexity index is 342. The van der Waals surface area contributed by atoms with Gasteiger partial charge in [0.25, 0.3) is 0 Å². The number of hydrogen-bond donors (Lipinski definition) is 1. The van der Waals surface area contributed by atoms with Gasteiger partial charge in [0.2, 0.25) is 11.8 Å². The van der Waals surface area contributed by atoms with Crippen LogP contribution in [-0.4, -0.2) is 49.1 Å². The summed E-state index contributed by atoms with van der Waals surface area (Å²) in [6.07, 6.45) is 1.92. The predicted molar refractivity (Wildman–Crippen MR) is 82.9 cm³/mol. The fourth-order valence-corrected chi connectivity index (χ4v) is 2.42. The van der Waals surface area contributed by atoms with Crippen molar-refractivity contribution in [3.05, 3.63) is 0 Å². The third kappa shape index (κ3) is 6.93. The summed E-state index contributed by atoms with van der Waals surface area (Å²) in [6, 6.07) is -0.364. The van der Waals surface area contributed by atoms with E-state index in [4.69, 9.17) is 4.74 Å². The van der Waals surface area contributed by atoms with E-state index in [1.54, 1.807) is 0 Å². The maximum absolute atomic E-state index is 12.5. The molecular weight excluding hydrogens is 268 g/mol. The highest BCUT2D eigenvalue weighted by molar-refractivity contribution is 5.89. The highest BCUT2D eigenvalue weighted by Crippen LogP contribution is 2.12. The number of amides is 2. The normalized spacial score (nSPS) is 20.1. The first-order valence-corrected chi connectivity index (χ1v) is 8.06. The molecule has 0 aromatic heterocycles. The van der Waals surface area contributed by atoms with Gasteiger partial charge in [-0.25, -0.2) is 0 Å². The molecule has 1 saturated heterocycles. The van der Waals surface area contributed by atoms with Crippen LogP contribution in [0.3, 0.4) is 0 Å². The molecule has 5 nitrogen and oxygen atoms in total. The summed E-state index contributed by atoms with van der Waals surface area (Å²) in [5.74, 6) is 0.946. The number of nitrogens with zero attached hydrogens (tertiary/aromatic N) is 1. The first kappa shape index (κ1) is 18.0. The van der Waals surface area contributed by atoms with Crippen molar-refractivity contribution in [1.82, 2.24) is 10.2 Å². The summed E-state index contributed by atoms with van der Waals surface area (Å²) < 4.78 is 5.54. The van der Waals surface area contributed by atoms with E-state index in [0.717, 1.165) is 13.0 Å². The molecule has 0 bridgehead atoms. The minimum atomic E-state index is -0.364. The monoisotopic (exact) mass is 298 g/mol. The van der Waals surface area contributed by atoms with Gasteiger partial charge in [-0.3, -0.25) is 9.59 Å². The number of nitrogens with one attached hydrogen (secondary N) is 1. The van der Waals surface area contributed by atoms with Crippen LogP contribution in [0.1, 0.15) is 47.0 Å². The van der Waals surface area contributed by atoms with Crippen molar-refractivity contribution in [2.45, 2.75) is 53.0 Å². The Hall–Kier alpha value is -1.10. The SMILES string of the molecule is CC(C)COCCCN1CCC(=O)NC(CC(C)C)C1=O. The van der Waals surface area contributed by atoms with Crippen LogP contribution >= 0.6 is 0 Å². The van der Waals surface area contributed by atoms with E-state index >= 15 is 0 Å². The number of hydrogen-bond acceptors (Lipinski definition) is 3. The standard InChI is InChI=1S/C16H30N2O3/c1-12(2)10-14-16(20)18(8-6-15(19)17-14)7-5-9-21-11-13(3)4/h12-14H,5-11H2,1-4H3,(H,17,19). The maximum atomic E-state index is 12.5. The molecule has 0 aromatic carbocycles.